The fourth-order valence-electron chi connectivity index (χ4n) is 4.34. The molecule has 1 heterocycles. The van der Waals surface area contributed by atoms with Crippen LogP contribution in [0, 0.1) is 0 Å². The van der Waals surface area contributed by atoms with Crippen LogP contribution in [-0.4, -0.2) is 4.98 Å². The summed E-state index contributed by atoms with van der Waals surface area (Å²) in [5, 5.41) is 8.81. The van der Waals surface area contributed by atoms with Gasteiger partial charge in [-0.25, -0.2) is 4.98 Å². The van der Waals surface area contributed by atoms with Gasteiger partial charge in [-0.1, -0.05) is 115 Å². The molecule has 1 nitrogen and oxygen atoms in total. The van der Waals surface area contributed by atoms with Crippen LogP contribution in [0.2, 0.25) is 0 Å². The normalized spacial score (nSPS) is 11.5. The summed E-state index contributed by atoms with van der Waals surface area (Å²) in [6.45, 7) is 0. The first kappa shape index (κ1) is 18.2. The van der Waals surface area contributed by atoms with Crippen molar-refractivity contribution in [3.05, 3.63) is 121 Å². The molecule has 0 radical (unpaired) electrons. The molecule has 0 saturated heterocycles. The molecule has 0 aliphatic rings. The van der Waals surface area contributed by atoms with Gasteiger partial charge in [0.2, 0.25) is 0 Å². The van der Waals surface area contributed by atoms with Crippen molar-refractivity contribution in [3.63, 3.8) is 0 Å². The van der Waals surface area contributed by atoms with E-state index in [-0.39, 0.29) is 0 Å². The first-order valence-corrected chi connectivity index (χ1v) is 11.8. The third-order valence-electron chi connectivity index (χ3n) is 5.78. The molecular formula is C29H20NP. The second kappa shape index (κ2) is 7.61. The zero-order chi connectivity index (χ0) is 20.6. The fourth-order valence-corrected chi connectivity index (χ4v) is 6.76. The molecule has 0 unspecified atom stereocenters. The molecular weight excluding hydrogens is 393 g/mol. The first-order chi connectivity index (χ1) is 15.4. The molecule has 0 N–H and O–H groups in total. The number of pyridine rings is 1. The lowest BCUT2D eigenvalue weighted by Crippen LogP contribution is -2.21. The monoisotopic (exact) mass is 413 g/mol. The lowest BCUT2D eigenvalue weighted by Gasteiger charge is -2.21. The number of nitrogens with zero attached hydrogens (tertiary/aromatic N) is 1. The van der Waals surface area contributed by atoms with Crippen LogP contribution in [0.25, 0.3) is 32.6 Å². The van der Waals surface area contributed by atoms with Crippen molar-refractivity contribution in [3.8, 4) is 0 Å². The molecule has 146 valence electrons. The standard InChI is InChI=1S/C29H20NP/c1-3-12-24(13-4-1)31(25-14-5-2-6-15-25)27-17-9-11-22-20-23-19-18-21-10-7-8-16-26(21)28(23)30-29(22)27/h1-20H. The fraction of sp³-hybridized carbons (Fsp3) is 0. The Hall–Kier alpha value is -3.54. The van der Waals surface area contributed by atoms with E-state index in [1.807, 2.05) is 0 Å². The van der Waals surface area contributed by atoms with Crippen LogP contribution in [0.4, 0.5) is 0 Å². The van der Waals surface area contributed by atoms with Gasteiger partial charge in [0, 0.05) is 21.5 Å². The van der Waals surface area contributed by atoms with Gasteiger partial charge in [0.15, 0.2) is 0 Å². The van der Waals surface area contributed by atoms with E-state index < -0.39 is 7.92 Å². The Morgan fingerprint density at radius 2 is 1.03 bits per heavy atom. The maximum absolute atomic E-state index is 5.29. The van der Waals surface area contributed by atoms with Crippen LogP contribution in [-0.2, 0) is 0 Å². The summed E-state index contributed by atoms with van der Waals surface area (Å²) >= 11 is 0. The molecule has 0 spiro atoms. The molecule has 31 heavy (non-hydrogen) atoms. The van der Waals surface area contributed by atoms with E-state index in [2.05, 4.69) is 121 Å². The predicted octanol–water partition coefficient (Wildman–Crippen LogP) is 6.30. The summed E-state index contributed by atoms with van der Waals surface area (Å²) < 4.78 is 0. The highest BCUT2D eigenvalue weighted by Gasteiger charge is 2.19. The summed E-state index contributed by atoms with van der Waals surface area (Å²) in [4.78, 5) is 5.29. The molecule has 0 amide bonds. The van der Waals surface area contributed by atoms with Gasteiger partial charge in [-0.15, -0.1) is 0 Å². The molecule has 6 rings (SSSR count). The molecule has 0 bridgehead atoms. The molecule has 5 aromatic carbocycles. The van der Waals surface area contributed by atoms with Crippen LogP contribution in [0.5, 0.6) is 0 Å². The Balaban J connectivity index is 1.69. The van der Waals surface area contributed by atoms with Gasteiger partial charge in [0.1, 0.15) is 0 Å². The number of para-hydroxylation sites is 1. The van der Waals surface area contributed by atoms with E-state index in [9.17, 15) is 0 Å². The van der Waals surface area contributed by atoms with Gasteiger partial charge < -0.3 is 0 Å². The number of hydrogen-bond donors (Lipinski definition) is 0. The molecule has 6 aromatic rings. The Morgan fingerprint density at radius 3 is 1.77 bits per heavy atom. The summed E-state index contributed by atoms with van der Waals surface area (Å²) in [7, 11) is -0.707. The molecule has 0 aliphatic carbocycles. The van der Waals surface area contributed by atoms with Crippen LogP contribution in [0.1, 0.15) is 0 Å². The number of aromatic nitrogens is 1. The minimum Gasteiger partial charge on any atom is -0.246 e. The molecule has 2 heteroatoms. The van der Waals surface area contributed by atoms with Crippen molar-refractivity contribution < 1.29 is 0 Å². The lowest BCUT2D eigenvalue weighted by molar-refractivity contribution is 1.53. The lowest BCUT2D eigenvalue weighted by atomic mass is 10.0. The minimum atomic E-state index is -0.707. The van der Waals surface area contributed by atoms with Crippen LogP contribution >= 0.6 is 7.92 Å². The molecule has 1 aromatic heterocycles. The van der Waals surface area contributed by atoms with E-state index in [1.54, 1.807) is 0 Å². The zero-order valence-corrected chi connectivity index (χ0v) is 17.8. The third kappa shape index (κ3) is 3.19. The van der Waals surface area contributed by atoms with E-state index in [1.165, 1.54) is 37.5 Å². The van der Waals surface area contributed by atoms with E-state index in [4.69, 9.17) is 4.98 Å². The molecule has 0 fully saturated rings. The summed E-state index contributed by atoms with van der Waals surface area (Å²) in [6, 6.07) is 43.5. The maximum Gasteiger partial charge on any atom is 0.0793 e. The quantitative estimate of drug-likeness (QED) is 0.188. The van der Waals surface area contributed by atoms with Crippen LogP contribution in [0.3, 0.4) is 0 Å². The molecule has 0 aliphatic heterocycles. The first-order valence-electron chi connectivity index (χ1n) is 10.5. The topological polar surface area (TPSA) is 12.9 Å². The van der Waals surface area contributed by atoms with Gasteiger partial charge in [-0.2, -0.15) is 0 Å². The predicted molar refractivity (Wildman–Crippen MR) is 135 cm³/mol. The second-order valence-corrected chi connectivity index (χ2v) is 9.89. The summed E-state index contributed by atoms with van der Waals surface area (Å²) in [5.74, 6) is 0. The highest BCUT2D eigenvalue weighted by atomic mass is 31.1. The van der Waals surface area contributed by atoms with Crippen molar-refractivity contribution in [1.82, 2.24) is 4.98 Å². The highest BCUT2D eigenvalue weighted by molar-refractivity contribution is 7.80. The van der Waals surface area contributed by atoms with Crippen molar-refractivity contribution >= 4 is 56.4 Å². The Labute approximate surface area is 182 Å². The van der Waals surface area contributed by atoms with Gasteiger partial charge in [0.25, 0.3) is 0 Å². The summed E-state index contributed by atoms with van der Waals surface area (Å²) in [6.07, 6.45) is 0. The van der Waals surface area contributed by atoms with Crippen molar-refractivity contribution in [1.29, 1.82) is 0 Å². The van der Waals surface area contributed by atoms with Gasteiger partial charge in [-0.3, -0.25) is 0 Å². The zero-order valence-electron chi connectivity index (χ0n) is 16.9. The SMILES string of the molecule is c1ccc(P(c2ccccc2)c2cccc3cc4ccc5ccccc5c4nc23)cc1. The largest absolute Gasteiger partial charge is 0.246 e. The second-order valence-electron chi connectivity index (χ2n) is 7.70. The van der Waals surface area contributed by atoms with Gasteiger partial charge >= 0.3 is 0 Å². The minimum absolute atomic E-state index is 0.707. The Kier molecular flexibility index (Phi) is 4.48. The van der Waals surface area contributed by atoms with Crippen molar-refractivity contribution in [2.24, 2.45) is 0 Å². The highest BCUT2D eigenvalue weighted by Crippen LogP contribution is 2.36. The Bertz CT molecular complexity index is 1490. The number of hydrogen-bond acceptors (Lipinski definition) is 1. The van der Waals surface area contributed by atoms with Crippen LogP contribution in [0.15, 0.2) is 121 Å². The molecule has 0 saturated carbocycles. The van der Waals surface area contributed by atoms with E-state index in [0.717, 1.165) is 11.0 Å². The van der Waals surface area contributed by atoms with Crippen molar-refractivity contribution in [2.75, 3.05) is 0 Å². The average molecular weight is 413 g/mol. The van der Waals surface area contributed by atoms with Crippen LogP contribution < -0.4 is 15.9 Å². The third-order valence-corrected chi connectivity index (χ3v) is 8.25. The number of rotatable bonds is 3. The van der Waals surface area contributed by atoms with E-state index in [0.29, 0.717) is 0 Å². The average Bonchev–Trinajstić information content (AvgIpc) is 2.84. The van der Waals surface area contributed by atoms with E-state index >= 15 is 0 Å². The number of fused-ring (bicyclic) bond motifs is 4. The van der Waals surface area contributed by atoms with Gasteiger partial charge in [0.05, 0.1) is 11.0 Å². The smallest absolute Gasteiger partial charge is 0.0793 e. The maximum atomic E-state index is 5.29. The summed E-state index contributed by atoms with van der Waals surface area (Å²) in [5.41, 5.74) is 2.18. The molecule has 0 atom stereocenters. The van der Waals surface area contributed by atoms with Crippen molar-refractivity contribution in [2.45, 2.75) is 0 Å². The number of benzene rings is 5. The Morgan fingerprint density at radius 1 is 0.452 bits per heavy atom. The van der Waals surface area contributed by atoms with Gasteiger partial charge in [-0.05, 0) is 30.0 Å².